The lowest BCUT2D eigenvalue weighted by Crippen LogP contribution is -2.41. The van der Waals surface area contributed by atoms with Crippen molar-refractivity contribution in [2.24, 2.45) is 0 Å². The van der Waals surface area contributed by atoms with Gasteiger partial charge in [0.25, 0.3) is 0 Å². The smallest absolute Gasteiger partial charge is 0.0448 e. The molecule has 2 nitrogen and oxygen atoms in total. The van der Waals surface area contributed by atoms with Gasteiger partial charge in [-0.05, 0) is 37.7 Å². The summed E-state index contributed by atoms with van der Waals surface area (Å²) in [6, 6.07) is 11.5. The Morgan fingerprint density at radius 1 is 1.18 bits per heavy atom. The number of nitrogens with zero attached hydrogens (tertiary/aromatic N) is 1. The Morgan fingerprint density at radius 2 is 1.88 bits per heavy atom. The normalized spacial score (nSPS) is 32.2. The maximum absolute atomic E-state index is 9.30. The highest BCUT2D eigenvalue weighted by Gasteiger charge is 2.50. The Kier molecular flexibility index (Phi) is 2.93. The molecule has 2 bridgehead atoms. The molecule has 0 amide bonds. The van der Waals surface area contributed by atoms with Crippen LogP contribution in [0.25, 0.3) is 0 Å². The zero-order valence-corrected chi connectivity index (χ0v) is 10.3. The number of hydrogen-bond acceptors (Lipinski definition) is 2. The Labute approximate surface area is 103 Å². The van der Waals surface area contributed by atoms with Crippen molar-refractivity contribution < 1.29 is 5.11 Å². The van der Waals surface area contributed by atoms with Crippen LogP contribution >= 0.6 is 0 Å². The van der Waals surface area contributed by atoms with Crippen LogP contribution in [-0.4, -0.2) is 28.2 Å². The Bertz CT molecular complexity index is 368. The minimum absolute atomic E-state index is 0.315. The minimum Gasteiger partial charge on any atom is -0.396 e. The van der Waals surface area contributed by atoms with Crippen LogP contribution in [0.3, 0.4) is 0 Å². The third-order valence-electron chi connectivity index (χ3n) is 4.71. The van der Waals surface area contributed by atoms with Gasteiger partial charge in [-0.2, -0.15) is 0 Å². The molecule has 0 unspecified atom stereocenters. The first-order valence-electron chi connectivity index (χ1n) is 6.76. The maximum atomic E-state index is 9.30. The summed E-state index contributed by atoms with van der Waals surface area (Å²) in [6.07, 6.45) is 6.17. The Balaban J connectivity index is 1.78. The van der Waals surface area contributed by atoms with E-state index in [1.54, 1.807) is 0 Å². The molecule has 1 N–H and O–H groups in total. The molecule has 3 rings (SSSR count). The van der Waals surface area contributed by atoms with Crippen molar-refractivity contribution in [1.29, 1.82) is 0 Å². The van der Waals surface area contributed by atoms with Gasteiger partial charge in [-0.1, -0.05) is 30.3 Å². The number of hydrogen-bond donors (Lipinski definition) is 1. The first-order chi connectivity index (χ1) is 8.34. The standard InChI is InChI=1S/C15H21NO/c17-11-10-15-8-6-14(7-9-15)16(15)12-13-4-2-1-3-5-13/h1-5,14,17H,6-12H2. The van der Waals surface area contributed by atoms with Gasteiger partial charge in [0.1, 0.15) is 0 Å². The monoisotopic (exact) mass is 231 g/mol. The second kappa shape index (κ2) is 4.43. The van der Waals surface area contributed by atoms with E-state index in [0.29, 0.717) is 12.1 Å². The summed E-state index contributed by atoms with van der Waals surface area (Å²) in [4.78, 5) is 2.67. The highest BCUT2D eigenvalue weighted by molar-refractivity contribution is 5.17. The molecule has 17 heavy (non-hydrogen) atoms. The third-order valence-corrected chi connectivity index (χ3v) is 4.71. The minimum atomic E-state index is 0.315. The van der Waals surface area contributed by atoms with E-state index in [1.807, 2.05) is 0 Å². The second-order valence-electron chi connectivity index (χ2n) is 5.54. The lowest BCUT2D eigenvalue weighted by molar-refractivity contribution is 0.108. The summed E-state index contributed by atoms with van der Waals surface area (Å²) >= 11 is 0. The topological polar surface area (TPSA) is 23.5 Å². The van der Waals surface area contributed by atoms with E-state index in [0.717, 1.165) is 19.0 Å². The molecule has 2 heteroatoms. The predicted octanol–water partition coefficient (Wildman–Crippen LogP) is 2.57. The van der Waals surface area contributed by atoms with Crippen molar-refractivity contribution in [2.75, 3.05) is 6.61 Å². The van der Waals surface area contributed by atoms with Gasteiger partial charge < -0.3 is 5.11 Å². The molecule has 0 aromatic heterocycles. The molecule has 2 heterocycles. The van der Waals surface area contributed by atoms with Crippen molar-refractivity contribution in [3.05, 3.63) is 35.9 Å². The second-order valence-corrected chi connectivity index (χ2v) is 5.54. The average molecular weight is 231 g/mol. The molecule has 0 atom stereocenters. The molecule has 1 aromatic rings. The van der Waals surface area contributed by atoms with Gasteiger partial charge in [-0.3, -0.25) is 4.90 Å². The summed E-state index contributed by atoms with van der Waals surface area (Å²) in [5.74, 6) is 0. The number of fused-ring (bicyclic) bond motifs is 2. The van der Waals surface area contributed by atoms with E-state index in [-0.39, 0.29) is 0 Å². The van der Waals surface area contributed by atoms with Crippen molar-refractivity contribution in [3.63, 3.8) is 0 Å². The van der Waals surface area contributed by atoms with E-state index in [1.165, 1.54) is 31.2 Å². The van der Waals surface area contributed by atoms with E-state index < -0.39 is 0 Å². The fraction of sp³-hybridized carbons (Fsp3) is 0.600. The highest BCUT2D eigenvalue weighted by atomic mass is 16.3. The van der Waals surface area contributed by atoms with Gasteiger partial charge in [-0.15, -0.1) is 0 Å². The first kappa shape index (κ1) is 11.2. The molecule has 0 aliphatic carbocycles. The molecule has 0 spiro atoms. The van der Waals surface area contributed by atoms with Crippen LogP contribution in [0.5, 0.6) is 0 Å². The van der Waals surface area contributed by atoms with E-state index in [2.05, 4.69) is 35.2 Å². The molecule has 0 saturated carbocycles. The molecule has 92 valence electrons. The summed E-state index contributed by atoms with van der Waals surface area (Å²) in [5, 5.41) is 9.30. The summed E-state index contributed by atoms with van der Waals surface area (Å²) in [5.41, 5.74) is 1.72. The average Bonchev–Trinajstić information content (AvgIpc) is 2.86. The van der Waals surface area contributed by atoms with Crippen LogP contribution in [0.15, 0.2) is 30.3 Å². The predicted molar refractivity (Wildman–Crippen MR) is 68.7 cm³/mol. The largest absolute Gasteiger partial charge is 0.396 e. The highest BCUT2D eigenvalue weighted by Crippen LogP contribution is 2.48. The Hall–Kier alpha value is -0.860. The number of aliphatic hydroxyl groups excluding tert-OH is 1. The maximum Gasteiger partial charge on any atom is 0.0448 e. The van der Waals surface area contributed by atoms with Crippen LogP contribution in [0.1, 0.15) is 37.7 Å². The Morgan fingerprint density at radius 3 is 2.53 bits per heavy atom. The van der Waals surface area contributed by atoms with Crippen molar-refractivity contribution >= 4 is 0 Å². The van der Waals surface area contributed by atoms with Crippen LogP contribution in [-0.2, 0) is 6.54 Å². The number of aliphatic hydroxyl groups is 1. The van der Waals surface area contributed by atoms with E-state index >= 15 is 0 Å². The van der Waals surface area contributed by atoms with Gasteiger partial charge in [0, 0.05) is 24.7 Å². The van der Waals surface area contributed by atoms with Crippen LogP contribution in [0.2, 0.25) is 0 Å². The zero-order valence-electron chi connectivity index (χ0n) is 10.3. The van der Waals surface area contributed by atoms with Crippen molar-refractivity contribution in [2.45, 2.75) is 50.2 Å². The number of benzene rings is 1. The van der Waals surface area contributed by atoms with Gasteiger partial charge in [0.15, 0.2) is 0 Å². The van der Waals surface area contributed by atoms with Gasteiger partial charge in [0.05, 0.1) is 0 Å². The van der Waals surface area contributed by atoms with E-state index in [4.69, 9.17) is 0 Å². The molecule has 2 aliphatic rings. The fourth-order valence-corrected chi connectivity index (χ4v) is 3.80. The van der Waals surface area contributed by atoms with Crippen LogP contribution in [0, 0.1) is 0 Å². The van der Waals surface area contributed by atoms with Crippen molar-refractivity contribution in [3.8, 4) is 0 Å². The molecule has 2 saturated heterocycles. The fourth-order valence-electron chi connectivity index (χ4n) is 3.80. The lowest BCUT2D eigenvalue weighted by atomic mass is 9.85. The van der Waals surface area contributed by atoms with Gasteiger partial charge in [0.2, 0.25) is 0 Å². The molecule has 2 aliphatic heterocycles. The third kappa shape index (κ3) is 1.90. The summed E-state index contributed by atoms with van der Waals surface area (Å²) in [6.45, 7) is 1.39. The van der Waals surface area contributed by atoms with Crippen molar-refractivity contribution in [1.82, 2.24) is 4.90 Å². The molecule has 2 fully saturated rings. The molecule has 0 radical (unpaired) electrons. The van der Waals surface area contributed by atoms with E-state index in [9.17, 15) is 5.11 Å². The quantitative estimate of drug-likeness (QED) is 0.861. The zero-order chi connectivity index (χ0) is 11.7. The molecule has 1 aromatic carbocycles. The summed E-state index contributed by atoms with van der Waals surface area (Å²) in [7, 11) is 0. The molecular weight excluding hydrogens is 210 g/mol. The first-order valence-corrected chi connectivity index (χ1v) is 6.76. The van der Waals surface area contributed by atoms with Gasteiger partial charge in [-0.25, -0.2) is 0 Å². The summed E-state index contributed by atoms with van der Waals surface area (Å²) < 4.78 is 0. The SMILES string of the molecule is OCCC12CCC(CC1)N2Cc1ccccc1. The van der Waals surface area contributed by atoms with Gasteiger partial charge >= 0.3 is 0 Å². The lowest BCUT2D eigenvalue weighted by Gasteiger charge is -2.34. The molecular formula is C15H21NO. The number of rotatable bonds is 4. The van der Waals surface area contributed by atoms with Crippen LogP contribution < -0.4 is 0 Å². The van der Waals surface area contributed by atoms with Crippen LogP contribution in [0.4, 0.5) is 0 Å².